The lowest BCUT2D eigenvalue weighted by Gasteiger charge is -2.41. The molecule has 1 fully saturated rings. The first-order valence-corrected chi connectivity index (χ1v) is 13.7. The molecule has 3 aromatic carbocycles. The number of carbonyl (C=O) groups excluding carboxylic acids is 1. The van der Waals surface area contributed by atoms with Crippen molar-refractivity contribution >= 4 is 22.7 Å². The summed E-state index contributed by atoms with van der Waals surface area (Å²) in [5.41, 5.74) is 4.17. The zero-order valence-corrected chi connectivity index (χ0v) is 24.1. The predicted octanol–water partition coefficient (Wildman–Crippen LogP) is 7.20. The van der Waals surface area contributed by atoms with Gasteiger partial charge >= 0.3 is 6.09 Å². The Bertz CT molecular complexity index is 1620. The second kappa shape index (κ2) is 10.8. The highest BCUT2D eigenvalue weighted by Crippen LogP contribution is 2.36. The fourth-order valence-electron chi connectivity index (χ4n) is 5.33. The van der Waals surface area contributed by atoms with Crippen molar-refractivity contribution in [2.45, 2.75) is 51.7 Å². The molecule has 0 spiro atoms. The van der Waals surface area contributed by atoms with E-state index in [9.17, 15) is 14.4 Å². The smallest absolute Gasteiger partial charge is 0.408 e. The molecular formula is C33H35FN4O3. The van der Waals surface area contributed by atoms with Crippen LogP contribution in [0.1, 0.15) is 46.1 Å². The largest absolute Gasteiger partial charge is 0.494 e. The lowest BCUT2D eigenvalue weighted by molar-refractivity contribution is 0.0448. The summed E-state index contributed by atoms with van der Waals surface area (Å²) in [5.74, 6) is -0.242. The van der Waals surface area contributed by atoms with Gasteiger partial charge in [0.15, 0.2) is 11.6 Å². The van der Waals surface area contributed by atoms with Crippen LogP contribution in [-0.2, 0) is 4.74 Å². The van der Waals surface area contributed by atoms with Crippen molar-refractivity contribution in [1.29, 1.82) is 5.26 Å². The number of nitrogens with zero attached hydrogens (tertiary/aromatic N) is 3. The van der Waals surface area contributed by atoms with Crippen molar-refractivity contribution in [2.24, 2.45) is 0 Å². The van der Waals surface area contributed by atoms with Crippen LogP contribution in [0.5, 0.6) is 5.75 Å². The molecule has 0 atom stereocenters. The van der Waals surface area contributed by atoms with Gasteiger partial charge in [0, 0.05) is 41.0 Å². The average molecular weight is 555 g/mol. The molecule has 212 valence electrons. The molecule has 1 aliphatic heterocycles. The molecule has 1 amide bonds. The van der Waals surface area contributed by atoms with Gasteiger partial charge in [0.25, 0.3) is 0 Å². The number of fused-ring (bicyclic) bond motifs is 1. The first-order chi connectivity index (χ1) is 19.5. The standard InChI is InChI=1S/C33H35FN4O3/c1-32(2,3)41-31(39)36-33(4)14-16-37(17-15-33)26-11-12-28-24(18-26)20-29(23-8-13-30(40-5)27(34)19-23)38(28)25-9-6-22(21-35)7-10-25/h6-13,18-20H,14-17H2,1-5H3,(H,36,39). The first-order valence-electron chi connectivity index (χ1n) is 13.7. The maximum atomic E-state index is 14.7. The number of piperidine rings is 1. The SMILES string of the molecule is COc1ccc(-c2cc3cc(N4CCC(C)(NC(=O)OC(C)(C)C)CC4)ccc3n2-c2ccc(C#N)cc2)cc1F. The van der Waals surface area contributed by atoms with Crippen LogP contribution in [0.4, 0.5) is 14.9 Å². The van der Waals surface area contributed by atoms with Crippen molar-refractivity contribution in [3.63, 3.8) is 0 Å². The van der Waals surface area contributed by atoms with Crippen LogP contribution in [-0.4, -0.2) is 42.0 Å². The number of benzene rings is 3. The number of ether oxygens (including phenoxy) is 2. The number of aromatic nitrogens is 1. The lowest BCUT2D eigenvalue weighted by atomic mass is 9.89. The number of anilines is 1. The van der Waals surface area contributed by atoms with Crippen LogP contribution in [0.3, 0.4) is 0 Å². The monoisotopic (exact) mass is 554 g/mol. The fourth-order valence-corrected chi connectivity index (χ4v) is 5.33. The Balaban J connectivity index is 1.46. The molecule has 5 rings (SSSR count). The summed E-state index contributed by atoms with van der Waals surface area (Å²) in [6, 6.07) is 22.9. The molecular weight excluding hydrogens is 519 g/mol. The van der Waals surface area contributed by atoms with Gasteiger partial charge in [0.1, 0.15) is 5.60 Å². The summed E-state index contributed by atoms with van der Waals surface area (Å²) in [4.78, 5) is 14.7. The molecule has 0 saturated carbocycles. The van der Waals surface area contributed by atoms with E-state index < -0.39 is 11.4 Å². The summed E-state index contributed by atoms with van der Waals surface area (Å²) in [5, 5.41) is 13.4. The minimum Gasteiger partial charge on any atom is -0.494 e. The third-order valence-electron chi connectivity index (χ3n) is 7.52. The Morgan fingerprint density at radius 1 is 1.00 bits per heavy atom. The fraction of sp³-hybridized carbons (Fsp3) is 0.333. The topological polar surface area (TPSA) is 79.5 Å². The zero-order valence-electron chi connectivity index (χ0n) is 24.1. The number of nitriles is 1. The van der Waals surface area contributed by atoms with E-state index in [1.165, 1.54) is 13.2 Å². The normalized spacial score (nSPS) is 14.9. The number of methoxy groups -OCH3 is 1. The van der Waals surface area contributed by atoms with Gasteiger partial charge in [-0.25, -0.2) is 9.18 Å². The maximum absolute atomic E-state index is 14.7. The lowest BCUT2D eigenvalue weighted by Crippen LogP contribution is -2.54. The Morgan fingerprint density at radius 2 is 1.68 bits per heavy atom. The molecule has 0 bridgehead atoms. The Kier molecular flexibility index (Phi) is 7.39. The summed E-state index contributed by atoms with van der Waals surface area (Å²) in [7, 11) is 1.45. The van der Waals surface area contributed by atoms with E-state index >= 15 is 0 Å². The Hall–Kier alpha value is -4.51. The van der Waals surface area contributed by atoms with Gasteiger partial charge in [-0.15, -0.1) is 0 Å². The molecule has 7 nitrogen and oxygen atoms in total. The van der Waals surface area contributed by atoms with Gasteiger partial charge < -0.3 is 24.3 Å². The van der Waals surface area contributed by atoms with Gasteiger partial charge in [0.2, 0.25) is 0 Å². The van der Waals surface area contributed by atoms with Crippen LogP contribution in [0.2, 0.25) is 0 Å². The van der Waals surface area contributed by atoms with E-state index in [0.717, 1.165) is 53.9 Å². The van der Waals surface area contributed by atoms with Crippen LogP contribution >= 0.6 is 0 Å². The summed E-state index contributed by atoms with van der Waals surface area (Å²) in [6.45, 7) is 9.21. The minimum atomic E-state index is -0.541. The number of hydrogen-bond acceptors (Lipinski definition) is 5. The van der Waals surface area contributed by atoms with E-state index in [1.54, 1.807) is 18.2 Å². The average Bonchev–Trinajstić information content (AvgIpc) is 3.31. The van der Waals surface area contributed by atoms with Crippen molar-refractivity contribution in [3.05, 3.63) is 78.1 Å². The van der Waals surface area contributed by atoms with Gasteiger partial charge in [-0.1, -0.05) is 0 Å². The quantitative estimate of drug-likeness (QED) is 0.282. The second-order valence-electron chi connectivity index (χ2n) is 11.8. The zero-order chi connectivity index (χ0) is 29.4. The molecule has 0 radical (unpaired) electrons. The molecule has 41 heavy (non-hydrogen) atoms. The highest BCUT2D eigenvalue weighted by Gasteiger charge is 2.33. The van der Waals surface area contributed by atoms with Gasteiger partial charge in [-0.2, -0.15) is 5.26 Å². The third-order valence-corrected chi connectivity index (χ3v) is 7.52. The minimum absolute atomic E-state index is 0.190. The van der Waals surface area contributed by atoms with E-state index in [1.807, 2.05) is 39.0 Å². The first kappa shape index (κ1) is 28.0. The van der Waals surface area contributed by atoms with Crippen molar-refractivity contribution < 1.29 is 18.7 Å². The van der Waals surface area contributed by atoms with Crippen LogP contribution in [0.25, 0.3) is 27.8 Å². The molecule has 8 heteroatoms. The molecule has 4 aromatic rings. The molecule has 2 heterocycles. The second-order valence-corrected chi connectivity index (χ2v) is 11.8. The Labute approximate surface area is 240 Å². The number of alkyl carbamates (subject to hydrolysis) is 1. The van der Waals surface area contributed by atoms with Crippen LogP contribution < -0.4 is 15.0 Å². The number of hydrogen-bond donors (Lipinski definition) is 1. The van der Waals surface area contributed by atoms with Crippen LogP contribution in [0.15, 0.2) is 66.7 Å². The highest BCUT2D eigenvalue weighted by atomic mass is 19.1. The molecule has 1 aliphatic rings. The maximum Gasteiger partial charge on any atom is 0.408 e. The number of halogens is 1. The number of rotatable bonds is 5. The molecule has 1 aromatic heterocycles. The summed E-state index contributed by atoms with van der Waals surface area (Å²) >= 11 is 0. The summed E-state index contributed by atoms with van der Waals surface area (Å²) < 4.78 is 27.4. The third kappa shape index (κ3) is 5.99. The van der Waals surface area contributed by atoms with E-state index in [2.05, 4.69) is 52.0 Å². The van der Waals surface area contributed by atoms with E-state index in [4.69, 9.17) is 9.47 Å². The summed E-state index contributed by atoms with van der Waals surface area (Å²) in [6.07, 6.45) is 1.18. The molecule has 0 unspecified atom stereocenters. The highest BCUT2D eigenvalue weighted by molar-refractivity contribution is 5.91. The Morgan fingerprint density at radius 3 is 2.29 bits per heavy atom. The van der Waals surface area contributed by atoms with Crippen molar-refractivity contribution in [2.75, 3.05) is 25.1 Å². The van der Waals surface area contributed by atoms with Crippen molar-refractivity contribution in [3.8, 4) is 28.8 Å². The molecule has 1 N–H and O–H groups in total. The van der Waals surface area contributed by atoms with E-state index in [0.29, 0.717) is 11.1 Å². The molecule has 0 aliphatic carbocycles. The van der Waals surface area contributed by atoms with Gasteiger partial charge in [-0.05, 0) is 107 Å². The molecule has 1 saturated heterocycles. The van der Waals surface area contributed by atoms with E-state index in [-0.39, 0.29) is 17.4 Å². The van der Waals surface area contributed by atoms with Crippen LogP contribution in [0, 0.1) is 17.1 Å². The number of nitrogens with one attached hydrogen (secondary N) is 1. The number of carbonyl (C=O) groups is 1. The van der Waals surface area contributed by atoms with Gasteiger partial charge in [-0.3, -0.25) is 0 Å². The predicted molar refractivity (Wildman–Crippen MR) is 159 cm³/mol. The van der Waals surface area contributed by atoms with Crippen molar-refractivity contribution in [1.82, 2.24) is 9.88 Å². The number of amides is 1. The van der Waals surface area contributed by atoms with Gasteiger partial charge in [0.05, 0.1) is 30.0 Å².